The Morgan fingerprint density at radius 1 is 0.452 bits per heavy atom. The summed E-state index contributed by atoms with van der Waals surface area (Å²) in [7, 11) is 0. The minimum absolute atomic E-state index is 0.0413. The lowest BCUT2D eigenvalue weighted by Crippen LogP contribution is -2.17. The topological polar surface area (TPSA) is 284 Å². The number of aromatic nitrogens is 9. The van der Waals surface area contributed by atoms with E-state index < -0.39 is 17.5 Å². The van der Waals surface area contributed by atoms with Crippen LogP contribution in [0.5, 0.6) is 17.2 Å². The number of hydrogen-bond donors (Lipinski definition) is 6. The molecule has 3 saturated heterocycles. The van der Waals surface area contributed by atoms with Gasteiger partial charge in [-0.2, -0.15) is 0 Å². The van der Waals surface area contributed by atoms with E-state index in [1.807, 2.05) is 62.3 Å². The molecule has 3 amide bonds. The molecule has 492 valence electrons. The molecule has 12 rings (SSSR count). The van der Waals surface area contributed by atoms with Crippen molar-refractivity contribution in [1.29, 1.82) is 0 Å². The molecule has 21 nitrogen and oxygen atoms in total. The largest absolute Gasteiger partial charge is 0.490 e. The van der Waals surface area contributed by atoms with Crippen LogP contribution in [-0.2, 0) is 14.4 Å². The first-order valence-electron chi connectivity index (χ1n) is 29.7. The summed E-state index contributed by atoms with van der Waals surface area (Å²) in [6, 6.07) is 4.64. The Bertz CT molecular complexity index is 3980. The van der Waals surface area contributed by atoms with Gasteiger partial charge < -0.3 is 47.4 Å². The standard InChI is InChI=1S/3C21H22Cl2FN5O2/c3*1-9(2)31-18-12(7-13(22)16(24)15(18)11-6-14(30)27-8-11)10(3)21-28-19(23)17-20(25)26-4-5-29(17)21/h3*4-5,7,9-11H,6,8H2,1-3H3,(H2,25,26)(H,27,30)/t2*10-,11?;/m00./s1. The van der Waals surface area contributed by atoms with Gasteiger partial charge >= 0.3 is 0 Å². The van der Waals surface area contributed by atoms with Crippen molar-refractivity contribution in [2.75, 3.05) is 36.8 Å². The number of halogens is 9. The normalized spacial score (nSPS) is 17.4. The van der Waals surface area contributed by atoms with E-state index >= 15 is 13.2 Å². The van der Waals surface area contributed by atoms with E-state index in [4.69, 9.17) is 101 Å². The Balaban J connectivity index is 0.000000153. The van der Waals surface area contributed by atoms with E-state index in [9.17, 15) is 14.4 Å². The molecule has 3 aromatic carbocycles. The van der Waals surface area contributed by atoms with Crippen molar-refractivity contribution in [2.24, 2.45) is 0 Å². The summed E-state index contributed by atoms with van der Waals surface area (Å²) in [4.78, 5) is 61.1. The summed E-state index contributed by atoms with van der Waals surface area (Å²) in [5.41, 5.74) is 22.3. The molecule has 0 bridgehead atoms. The average molecular weight is 1400 g/mol. The summed E-state index contributed by atoms with van der Waals surface area (Å²) < 4.78 is 69.3. The van der Waals surface area contributed by atoms with Gasteiger partial charge in [0.15, 0.2) is 32.9 Å². The van der Waals surface area contributed by atoms with Crippen molar-refractivity contribution in [1.82, 2.24) is 59.1 Å². The van der Waals surface area contributed by atoms with E-state index in [0.717, 1.165) is 0 Å². The molecule has 0 radical (unpaired) electrons. The van der Waals surface area contributed by atoms with E-state index in [-0.39, 0.29) is 139 Å². The van der Waals surface area contributed by atoms with Crippen molar-refractivity contribution in [3.8, 4) is 17.2 Å². The van der Waals surface area contributed by atoms with Gasteiger partial charge in [-0.3, -0.25) is 27.6 Å². The maximum atomic E-state index is 15.2. The average Bonchev–Trinajstić information content (AvgIpc) is 1.73. The zero-order valence-corrected chi connectivity index (χ0v) is 56.3. The first-order chi connectivity index (χ1) is 44.1. The monoisotopic (exact) mass is 1400 g/mol. The summed E-state index contributed by atoms with van der Waals surface area (Å²) in [5.74, 6) is -0.778. The predicted octanol–water partition coefficient (Wildman–Crippen LogP) is 12.9. The zero-order chi connectivity index (χ0) is 67.3. The molecule has 0 aliphatic carbocycles. The summed E-state index contributed by atoms with van der Waals surface area (Å²) in [6.07, 6.45) is 9.63. The van der Waals surface area contributed by atoms with Crippen LogP contribution in [0.25, 0.3) is 16.6 Å². The van der Waals surface area contributed by atoms with Crippen LogP contribution in [0, 0.1) is 17.5 Å². The predicted molar refractivity (Wildman–Crippen MR) is 352 cm³/mol. The van der Waals surface area contributed by atoms with E-state index in [0.29, 0.717) is 104 Å². The number of carbonyl (C=O) groups excluding carboxylic acids is 3. The van der Waals surface area contributed by atoms with Crippen LogP contribution in [0.15, 0.2) is 55.4 Å². The number of carbonyl (C=O) groups is 3. The lowest BCUT2D eigenvalue weighted by atomic mass is 9.89. The SMILES string of the molecule is CC(C)Oc1c(C(C)c2nc(Cl)c3c(N)nccn23)cc(Cl)c(F)c1C1CNC(=O)C1.CC(C)Oc1c([C@H](C)c2nc(Cl)c3c(N)nccn23)cc(Cl)c(F)c1C1CNC(=O)C1.CC(C)Oc1c([C@H](C)c2nc(Cl)c3c(N)nccn23)cc(Cl)c(F)c1C1CNC(=O)C1. The van der Waals surface area contributed by atoms with Crippen molar-refractivity contribution in [3.63, 3.8) is 0 Å². The number of anilines is 3. The van der Waals surface area contributed by atoms with Crippen LogP contribution >= 0.6 is 69.6 Å². The van der Waals surface area contributed by atoms with Gasteiger partial charge in [0.2, 0.25) is 17.7 Å². The number of benzene rings is 3. The fourth-order valence-electron chi connectivity index (χ4n) is 12.0. The molecular weight excluding hydrogens is 1330 g/mol. The maximum Gasteiger partial charge on any atom is 0.220 e. The number of ether oxygens (including phenoxy) is 3. The lowest BCUT2D eigenvalue weighted by molar-refractivity contribution is -0.120. The molecule has 3 aliphatic rings. The highest BCUT2D eigenvalue weighted by Crippen LogP contribution is 2.48. The molecule has 4 unspecified atom stereocenters. The first-order valence-corrected chi connectivity index (χ1v) is 32.0. The molecule has 30 heteroatoms. The van der Waals surface area contributed by atoms with E-state index in [2.05, 4.69) is 45.9 Å². The number of amides is 3. The van der Waals surface area contributed by atoms with Gasteiger partial charge in [-0.25, -0.2) is 43.1 Å². The van der Waals surface area contributed by atoms with E-state index in [1.165, 1.54) is 0 Å². The van der Waals surface area contributed by atoms with E-state index in [1.54, 1.807) is 68.6 Å². The van der Waals surface area contributed by atoms with Crippen LogP contribution in [0.3, 0.4) is 0 Å². The van der Waals surface area contributed by atoms with Gasteiger partial charge in [0.05, 0.1) is 33.4 Å². The first kappa shape index (κ1) is 68.1. The molecule has 9 N–H and O–H groups in total. The minimum atomic E-state index is -0.575. The third-order valence-electron chi connectivity index (χ3n) is 16.2. The summed E-state index contributed by atoms with van der Waals surface area (Å²) in [5, 5.41) is 8.79. The smallest absolute Gasteiger partial charge is 0.220 e. The van der Waals surface area contributed by atoms with Gasteiger partial charge in [-0.1, -0.05) is 90.4 Å². The second-order valence-corrected chi connectivity index (χ2v) is 26.0. The Morgan fingerprint density at radius 2 is 0.699 bits per heavy atom. The highest BCUT2D eigenvalue weighted by Gasteiger charge is 2.38. The van der Waals surface area contributed by atoms with Crippen molar-refractivity contribution < 1.29 is 41.8 Å². The maximum absolute atomic E-state index is 15.2. The second kappa shape index (κ2) is 27.7. The fourth-order valence-corrected chi connectivity index (χ4v) is 13.5. The van der Waals surface area contributed by atoms with Gasteiger partial charge in [0, 0.05) is 145 Å². The molecule has 3 fully saturated rings. The summed E-state index contributed by atoms with van der Waals surface area (Å²) in [6.45, 7) is 17.8. The van der Waals surface area contributed by atoms with Crippen LogP contribution in [0.1, 0.15) is 168 Å². The fraction of sp³-hybridized carbons (Fsp3) is 0.381. The Hall–Kier alpha value is -7.74. The molecule has 0 spiro atoms. The minimum Gasteiger partial charge on any atom is -0.490 e. The van der Waals surface area contributed by atoms with Crippen molar-refractivity contribution >= 4 is 121 Å². The third-order valence-corrected chi connectivity index (χ3v) is 17.8. The molecule has 3 aliphatic heterocycles. The Labute approximate surface area is 562 Å². The third kappa shape index (κ3) is 13.5. The van der Waals surface area contributed by atoms with Crippen LogP contribution in [0.4, 0.5) is 30.6 Å². The highest BCUT2D eigenvalue weighted by atomic mass is 35.5. The van der Waals surface area contributed by atoms with Crippen LogP contribution < -0.4 is 47.4 Å². The lowest BCUT2D eigenvalue weighted by Gasteiger charge is -2.24. The number of nitrogens with one attached hydrogen (secondary N) is 3. The number of nitrogens with two attached hydrogens (primary N) is 3. The van der Waals surface area contributed by atoms with Gasteiger partial charge in [0.25, 0.3) is 0 Å². The molecular formula is C63H66Cl6F3N15O6. The molecule has 6 atom stereocenters. The van der Waals surface area contributed by atoms with Crippen molar-refractivity contribution in [3.05, 3.63) is 154 Å². The quantitative estimate of drug-likeness (QED) is 0.0556. The molecule has 93 heavy (non-hydrogen) atoms. The van der Waals surface area contributed by atoms with Crippen molar-refractivity contribution in [2.45, 2.75) is 135 Å². The second-order valence-electron chi connectivity index (χ2n) is 23.7. The number of nitrogen functional groups attached to an aromatic ring is 3. The van der Waals surface area contributed by atoms with Crippen LogP contribution in [-0.4, -0.2) is 98.8 Å². The number of imidazole rings is 3. The molecule has 0 saturated carbocycles. The molecule has 9 heterocycles. The van der Waals surface area contributed by atoms with Gasteiger partial charge in [-0.05, 0) is 59.7 Å². The number of nitrogens with zero attached hydrogens (tertiary/aromatic N) is 9. The zero-order valence-electron chi connectivity index (χ0n) is 51.7. The number of rotatable bonds is 15. The molecule has 9 aromatic rings. The van der Waals surface area contributed by atoms with Crippen LogP contribution in [0.2, 0.25) is 30.5 Å². The number of fused-ring (bicyclic) bond motifs is 3. The van der Waals surface area contributed by atoms with Gasteiger partial charge in [-0.15, -0.1) is 0 Å². The number of hydrogen-bond acceptors (Lipinski definition) is 15. The molecule has 6 aromatic heterocycles. The highest BCUT2D eigenvalue weighted by molar-refractivity contribution is 6.34. The summed E-state index contributed by atoms with van der Waals surface area (Å²) >= 11 is 37.9. The Morgan fingerprint density at radius 3 is 0.914 bits per heavy atom. The van der Waals surface area contributed by atoms with Gasteiger partial charge in [0.1, 0.15) is 68.7 Å². The Kier molecular flexibility index (Phi) is 20.3.